The minimum atomic E-state index is 0. The molecule has 0 bridgehead atoms. The predicted molar refractivity (Wildman–Crippen MR) is 104 cm³/mol. The second kappa shape index (κ2) is 16.8. The first-order valence-electron chi connectivity index (χ1n) is 9.36. The fourth-order valence-corrected chi connectivity index (χ4v) is 2.78. The van der Waals surface area contributed by atoms with Crippen molar-refractivity contribution in [2.24, 2.45) is 0 Å². The Labute approximate surface area is 146 Å². The van der Waals surface area contributed by atoms with Crippen molar-refractivity contribution >= 4 is 17.0 Å². The molecule has 0 aromatic rings. The summed E-state index contributed by atoms with van der Waals surface area (Å²) in [6.45, 7) is 3.63. The molecule has 0 rings (SSSR count). The molecule has 0 amide bonds. The molecule has 0 heterocycles. The minimum absolute atomic E-state index is 0. The lowest BCUT2D eigenvalue weighted by Crippen LogP contribution is -2.35. The van der Waals surface area contributed by atoms with Gasteiger partial charge in [-0.2, -0.15) is 0 Å². The summed E-state index contributed by atoms with van der Waals surface area (Å²) in [6, 6.07) is 0. The van der Waals surface area contributed by atoms with Crippen LogP contribution in [0, 0.1) is 0 Å². The van der Waals surface area contributed by atoms with Gasteiger partial charge in [-0.25, -0.2) is 0 Å². The first-order valence-corrected chi connectivity index (χ1v) is 9.36. The quantitative estimate of drug-likeness (QED) is 0.222. The van der Waals surface area contributed by atoms with E-state index in [0.717, 1.165) is 4.48 Å². The lowest BCUT2D eigenvalue weighted by molar-refractivity contribution is -0.870. The topological polar surface area (TPSA) is 0 Å². The molecule has 0 saturated carbocycles. The van der Waals surface area contributed by atoms with Crippen LogP contribution in [0.4, 0.5) is 0 Å². The summed E-state index contributed by atoms with van der Waals surface area (Å²) < 4.78 is 1.12. The summed E-state index contributed by atoms with van der Waals surface area (Å²) in [4.78, 5) is 0. The van der Waals surface area contributed by atoms with Gasteiger partial charge in [-0.15, -0.1) is 17.0 Å². The summed E-state index contributed by atoms with van der Waals surface area (Å²) in [6.07, 6.45) is 20.4. The Morgan fingerprint density at radius 2 is 0.762 bits per heavy atom. The number of hydrogen-bond donors (Lipinski definition) is 0. The maximum atomic E-state index is 2.29. The van der Waals surface area contributed by atoms with Crippen molar-refractivity contribution in [2.75, 3.05) is 27.7 Å². The molecule has 0 aliphatic rings. The number of quaternary nitrogens is 1. The van der Waals surface area contributed by atoms with Gasteiger partial charge in [-0.3, -0.25) is 0 Å². The molecule has 0 spiro atoms. The van der Waals surface area contributed by atoms with E-state index in [-0.39, 0.29) is 17.0 Å². The highest BCUT2D eigenvalue weighted by atomic mass is 79.9. The highest BCUT2D eigenvalue weighted by Gasteiger charge is 2.04. The molecule has 0 fully saturated rings. The third kappa shape index (κ3) is 22.9. The van der Waals surface area contributed by atoms with Gasteiger partial charge in [0.1, 0.15) is 0 Å². The van der Waals surface area contributed by atoms with Gasteiger partial charge in [0, 0.05) is 0 Å². The normalized spacial score (nSPS) is 11.4. The fourth-order valence-electron chi connectivity index (χ4n) is 2.78. The summed E-state index contributed by atoms with van der Waals surface area (Å²) >= 11 is 0. The van der Waals surface area contributed by atoms with Crippen molar-refractivity contribution < 1.29 is 4.48 Å². The number of hydrogen-bond acceptors (Lipinski definition) is 0. The lowest BCUT2D eigenvalue weighted by Gasteiger charge is -2.23. The molecular weight excluding hydrogens is 322 g/mol. The van der Waals surface area contributed by atoms with E-state index in [0.29, 0.717) is 0 Å². The van der Waals surface area contributed by atoms with Gasteiger partial charge < -0.3 is 4.48 Å². The molecule has 130 valence electrons. The summed E-state index contributed by atoms with van der Waals surface area (Å²) in [5.41, 5.74) is 0. The molecular formula is C19H43BrN+. The van der Waals surface area contributed by atoms with Gasteiger partial charge in [0.05, 0.1) is 27.7 Å². The van der Waals surface area contributed by atoms with Crippen LogP contribution in [0.5, 0.6) is 0 Å². The van der Waals surface area contributed by atoms with Crippen molar-refractivity contribution in [1.82, 2.24) is 0 Å². The monoisotopic (exact) mass is 364 g/mol. The van der Waals surface area contributed by atoms with Gasteiger partial charge in [-0.1, -0.05) is 84.0 Å². The van der Waals surface area contributed by atoms with Crippen LogP contribution in [0.2, 0.25) is 0 Å². The van der Waals surface area contributed by atoms with E-state index in [2.05, 4.69) is 28.1 Å². The Morgan fingerprint density at radius 3 is 1.05 bits per heavy atom. The first-order chi connectivity index (χ1) is 9.56. The number of unbranched alkanes of at least 4 members (excludes halogenated alkanes) is 13. The van der Waals surface area contributed by atoms with Crippen LogP contribution in [0.25, 0.3) is 0 Å². The van der Waals surface area contributed by atoms with E-state index in [4.69, 9.17) is 0 Å². The maximum absolute atomic E-state index is 2.29. The highest BCUT2D eigenvalue weighted by molar-refractivity contribution is 8.93. The van der Waals surface area contributed by atoms with Crippen molar-refractivity contribution in [2.45, 2.75) is 96.8 Å². The maximum Gasteiger partial charge on any atom is 0.0780 e. The van der Waals surface area contributed by atoms with E-state index in [1.807, 2.05) is 0 Å². The Balaban J connectivity index is 0. The number of nitrogens with zero attached hydrogens (tertiary/aromatic N) is 1. The zero-order chi connectivity index (χ0) is 15.1. The van der Waals surface area contributed by atoms with Gasteiger partial charge in [-0.05, 0) is 12.8 Å². The largest absolute Gasteiger partial charge is 0.331 e. The Kier molecular flexibility index (Phi) is 19.0. The molecule has 0 unspecified atom stereocenters. The first kappa shape index (κ1) is 23.7. The summed E-state index contributed by atoms with van der Waals surface area (Å²) in [7, 11) is 6.88. The summed E-state index contributed by atoms with van der Waals surface area (Å²) in [5, 5.41) is 0. The van der Waals surface area contributed by atoms with Crippen LogP contribution >= 0.6 is 17.0 Å². The number of rotatable bonds is 15. The molecule has 21 heavy (non-hydrogen) atoms. The molecule has 2 heteroatoms. The molecule has 0 aliphatic heterocycles. The SMILES string of the molecule is Br.CCCCCCCCCCCCCCCC[N+](C)(C)C. The smallest absolute Gasteiger partial charge is 0.0780 e. The highest BCUT2D eigenvalue weighted by Crippen LogP contribution is 2.13. The lowest BCUT2D eigenvalue weighted by atomic mass is 10.0. The second-order valence-corrected chi connectivity index (χ2v) is 7.61. The second-order valence-electron chi connectivity index (χ2n) is 7.61. The molecule has 0 aromatic heterocycles. The Morgan fingerprint density at radius 1 is 0.476 bits per heavy atom. The molecule has 0 N–H and O–H groups in total. The van der Waals surface area contributed by atoms with Crippen LogP contribution in [0.1, 0.15) is 96.8 Å². The van der Waals surface area contributed by atoms with E-state index in [1.54, 1.807) is 0 Å². The van der Waals surface area contributed by atoms with E-state index < -0.39 is 0 Å². The molecule has 0 atom stereocenters. The van der Waals surface area contributed by atoms with Crippen LogP contribution < -0.4 is 0 Å². The third-order valence-electron chi connectivity index (χ3n) is 4.18. The Bertz CT molecular complexity index is 186. The number of halogens is 1. The van der Waals surface area contributed by atoms with Crippen molar-refractivity contribution in [3.63, 3.8) is 0 Å². The minimum Gasteiger partial charge on any atom is -0.331 e. The van der Waals surface area contributed by atoms with Crippen LogP contribution in [-0.2, 0) is 0 Å². The van der Waals surface area contributed by atoms with Gasteiger partial charge in [0.2, 0.25) is 0 Å². The molecule has 0 saturated heterocycles. The Hall–Kier alpha value is 0.440. The molecule has 0 radical (unpaired) electrons. The van der Waals surface area contributed by atoms with Crippen molar-refractivity contribution in [3.8, 4) is 0 Å². The zero-order valence-corrected chi connectivity index (χ0v) is 17.2. The predicted octanol–water partition coefficient (Wildman–Crippen LogP) is 6.75. The van der Waals surface area contributed by atoms with Gasteiger partial charge in [0.15, 0.2) is 0 Å². The van der Waals surface area contributed by atoms with E-state index >= 15 is 0 Å². The van der Waals surface area contributed by atoms with Crippen LogP contribution in [0.15, 0.2) is 0 Å². The van der Waals surface area contributed by atoms with Crippen molar-refractivity contribution in [3.05, 3.63) is 0 Å². The summed E-state index contributed by atoms with van der Waals surface area (Å²) in [5.74, 6) is 0. The van der Waals surface area contributed by atoms with Gasteiger partial charge in [0.25, 0.3) is 0 Å². The molecule has 0 aromatic carbocycles. The van der Waals surface area contributed by atoms with E-state index in [1.165, 1.54) is 96.4 Å². The standard InChI is InChI=1S/C19H42N.BrH/c1-5-6-7-8-9-10-11-12-13-14-15-16-17-18-19-20(2,3)4;/h5-19H2,1-4H3;1H/q+1;. The zero-order valence-electron chi connectivity index (χ0n) is 15.5. The van der Waals surface area contributed by atoms with Crippen LogP contribution in [0.3, 0.4) is 0 Å². The van der Waals surface area contributed by atoms with Crippen LogP contribution in [-0.4, -0.2) is 32.2 Å². The average molecular weight is 365 g/mol. The van der Waals surface area contributed by atoms with Crippen molar-refractivity contribution in [1.29, 1.82) is 0 Å². The fraction of sp³-hybridized carbons (Fsp3) is 1.00. The third-order valence-corrected chi connectivity index (χ3v) is 4.18. The molecule has 1 nitrogen and oxygen atoms in total. The van der Waals surface area contributed by atoms with Gasteiger partial charge >= 0.3 is 0 Å². The van der Waals surface area contributed by atoms with E-state index in [9.17, 15) is 0 Å². The molecule has 0 aliphatic carbocycles. The average Bonchev–Trinajstić information content (AvgIpc) is 2.38.